The molecule has 21 heavy (non-hydrogen) atoms. The first-order valence-corrected chi connectivity index (χ1v) is 7.85. The van der Waals surface area contributed by atoms with E-state index >= 15 is 0 Å². The maximum absolute atomic E-state index is 6.29. The van der Waals surface area contributed by atoms with E-state index in [1.54, 1.807) is 0 Å². The molecule has 1 aromatic heterocycles. The molecule has 3 rings (SSSR count). The number of hydrogen-bond acceptors (Lipinski definition) is 2. The first-order chi connectivity index (χ1) is 9.89. The quantitative estimate of drug-likeness (QED) is 0.869. The zero-order chi connectivity index (χ0) is 15.2. The average Bonchev–Trinajstić information content (AvgIpc) is 2.81. The smallest absolute Gasteiger partial charge is 0.0730 e. The second-order valence-electron chi connectivity index (χ2n) is 6.75. The first-order valence-electron chi connectivity index (χ1n) is 7.47. The number of nitrogens with zero attached hydrogens (tertiary/aromatic N) is 2. The van der Waals surface area contributed by atoms with Gasteiger partial charge in [0, 0.05) is 35.5 Å². The summed E-state index contributed by atoms with van der Waals surface area (Å²) in [5, 5.41) is 9.21. The zero-order valence-corrected chi connectivity index (χ0v) is 13.9. The monoisotopic (exact) mass is 303 g/mol. The second-order valence-corrected chi connectivity index (χ2v) is 7.15. The van der Waals surface area contributed by atoms with E-state index < -0.39 is 0 Å². The van der Waals surface area contributed by atoms with Crippen LogP contribution >= 0.6 is 11.6 Å². The predicted molar refractivity (Wildman–Crippen MR) is 87.4 cm³/mol. The van der Waals surface area contributed by atoms with Gasteiger partial charge in [-0.3, -0.25) is 0 Å². The van der Waals surface area contributed by atoms with Gasteiger partial charge < -0.3 is 5.32 Å². The Bertz CT molecular complexity index is 680. The number of nitrogens with one attached hydrogen (secondary N) is 1. The van der Waals surface area contributed by atoms with Crippen molar-refractivity contribution in [3.05, 3.63) is 45.7 Å². The molecule has 112 valence electrons. The zero-order valence-electron chi connectivity index (χ0n) is 13.1. The van der Waals surface area contributed by atoms with Crippen LogP contribution in [0.15, 0.2) is 18.2 Å². The second kappa shape index (κ2) is 5.15. The van der Waals surface area contributed by atoms with Crippen molar-refractivity contribution < 1.29 is 0 Å². The van der Waals surface area contributed by atoms with Crippen LogP contribution in [0, 0.1) is 6.92 Å². The molecule has 2 heterocycles. The molecule has 1 N–H and O–H groups in total. The molecule has 1 aliphatic rings. The average molecular weight is 304 g/mol. The molecule has 0 atom stereocenters. The van der Waals surface area contributed by atoms with Crippen LogP contribution in [0.2, 0.25) is 5.02 Å². The molecule has 2 aromatic rings. The highest BCUT2D eigenvalue weighted by molar-refractivity contribution is 6.31. The van der Waals surface area contributed by atoms with Crippen molar-refractivity contribution in [2.24, 2.45) is 0 Å². The number of fused-ring (bicyclic) bond motifs is 1. The third-order valence-corrected chi connectivity index (χ3v) is 4.52. The van der Waals surface area contributed by atoms with Crippen LogP contribution in [-0.4, -0.2) is 16.3 Å². The fourth-order valence-corrected chi connectivity index (χ4v) is 3.14. The largest absolute Gasteiger partial charge is 0.312 e. The van der Waals surface area contributed by atoms with Gasteiger partial charge in [0.25, 0.3) is 0 Å². The van der Waals surface area contributed by atoms with Crippen molar-refractivity contribution in [2.45, 2.75) is 46.1 Å². The molecule has 0 radical (unpaired) electrons. The minimum atomic E-state index is 0.0425. The summed E-state index contributed by atoms with van der Waals surface area (Å²) in [6, 6.07) is 6.03. The van der Waals surface area contributed by atoms with E-state index in [0.717, 1.165) is 35.8 Å². The third-order valence-electron chi connectivity index (χ3n) is 4.11. The van der Waals surface area contributed by atoms with Gasteiger partial charge in [-0.05, 0) is 24.6 Å². The SMILES string of the molecule is Cc1c(Cl)cccc1-n1nc(C(C)(C)C)c2c1CCNC2. The lowest BCUT2D eigenvalue weighted by atomic mass is 9.88. The molecule has 0 bridgehead atoms. The molecule has 1 aromatic carbocycles. The number of halogens is 1. The van der Waals surface area contributed by atoms with Gasteiger partial charge in [-0.15, -0.1) is 0 Å². The molecule has 0 saturated carbocycles. The van der Waals surface area contributed by atoms with Gasteiger partial charge in [-0.2, -0.15) is 5.10 Å². The number of hydrogen-bond donors (Lipinski definition) is 1. The maximum Gasteiger partial charge on any atom is 0.0730 e. The van der Waals surface area contributed by atoms with Crippen LogP contribution in [0.5, 0.6) is 0 Å². The van der Waals surface area contributed by atoms with Crippen LogP contribution in [-0.2, 0) is 18.4 Å². The van der Waals surface area contributed by atoms with Crippen molar-refractivity contribution in [2.75, 3.05) is 6.54 Å². The Morgan fingerprint density at radius 2 is 2.05 bits per heavy atom. The lowest BCUT2D eigenvalue weighted by Gasteiger charge is -2.20. The number of benzene rings is 1. The van der Waals surface area contributed by atoms with Crippen LogP contribution in [0.1, 0.15) is 43.3 Å². The van der Waals surface area contributed by atoms with E-state index in [-0.39, 0.29) is 5.41 Å². The van der Waals surface area contributed by atoms with E-state index in [9.17, 15) is 0 Å². The maximum atomic E-state index is 6.29. The summed E-state index contributed by atoms with van der Waals surface area (Å²) in [4.78, 5) is 0. The molecule has 1 aliphatic heterocycles. The molecule has 3 nitrogen and oxygen atoms in total. The van der Waals surface area contributed by atoms with Crippen LogP contribution in [0.3, 0.4) is 0 Å². The summed E-state index contributed by atoms with van der Waals surface area (Å²) in [6.07, 6.45) is 1.00. The number of aromatic nitrogens is 2. The topological polar surface area (TPSA) is 29.9 Å². The fourth-order valence-electron chi connectivity index (χ4n) is 2.98. The molecule has 4 heteroatoms. The standard InChI is InChI=1S/C17H22ClN3/c1-11-13(18)6-5-7-14(11)21-15-8-9-19-10-12(15)16(20-21)17(2,3)4/h5-7,19H,8-10H2,1-4H3. The third kappa shape index (κ3) is 2.49. The minimum Gasteiger partial charge on any atom is -0.312 e. The Labute approximate surface area is 131 Å². The van der Waals surface area contributed by atoms with Crippen molar-refractivity contribution in [1.29, 1.82) is 0 Å². The summed E-state index contributed by atoms with van der Waals surface area (Å²) >= 11 is 6.29. The van der Waals surface area contributed by atoms with Gasteiger partial charge >= 0.3 is 0 Å². The molecule has 0 amide bonds. The van der Waals surface area contributed by atoms with Gasteiger partial charge in [0.15, 0.2) is 0 Å². The first kappa shape index (κ1) is 14.6. The molecule has 0 spiro atoms. The van der Waals surface area contributed by atoms with Crippen LogP contribution in [0.4, 0.5) is 0 Å². The summed E-state index contributed by atoms with van der Waals surface area (Å²) in [5.74, 6) is 0. The van der Waals surface area contributed by atoms with Gasteiger partial charge in [0.05, 0.1) is 17.1 Å². The Morgan fingerprint density at radius 1 is 1.29 bits per heavy atom. The van der Waals surface area contributed by atoms with Crippen LogP contribution < -0.4 is 5.32 Å². The summed E-state index contributed by atoms with van der Waals surface area (Å²) in [7, 11) is 0. The Balaban J connectivity index is 2.24. The molecule has 0 fully saturated rings. The lowest BCUT2D eigenvalue weighted by Crippen LogP contribution is -2.26. The normalized spacial score (nSPS) is 15.1. The Hall–Kier alpha value is -1.32. The molecule has 0 saturated heterocycles. The fraction of sp³-hybridized carbons (Fsp3) is 0.471. The van der Waals surface area contributed by atoms with Crippen molar-refractivity contribution >= 4 is 11.6 Å². The van der Waals surface area contributed by atoms with E-state index in [1.807, 2.05) is 12.1 Å². The van der Waals surface area contributed by atoms with Gasteiger partial charge in [-0.25, -0.2) is 4.68 Å². The number of rotatable bonds is 1. The lowest BCUT2D eigenvalue weighted by molar-refractivity contribution is 0.548. The van der Waals surface area contributed by atoms with Crippen molar-refractivity contribution in [1.82, 2.24) is 15.1 Å². The summed E-state index contributed by atoms with van der Waals surface area (Å²) in [5.41, 5.74) is 6.08. The van der Waals surface area contributed by atoms with E-state index in [2.05, 4.69) is 43.8 Å². The minimum absolute atomic E-state index is 0.0425. The van der Waals surface area contributed by atoms with Crippen molar-refractivity contribution in [3.63, 3.8) is 0 Å². The Kier molecular flexibility index (Phi) is 3.58. The molecule has 0 aliphatic carbocycles. The molecule has 0 unspecified atom stereocenters. The van der Waals surface area contributed by atoms with Crippen molar-refractivity contribution in [3.8, 4) is 5.69 Å². The summed E-state index contributed by atoms with van der Waals surface area (Å²) in [6.45, 7) is 10.6. The molecular formula is C17H22ClN3. The Morgan fingerprint density at radius 3 is 2.76 bits per heavy atom. The van der Waals surface area contributed by atoms with Crippen LogP contribution in [0.25, 0.3) is 5.69 Å². The van der Waals surface area contributed by atoms with E-state index in [4.69, 9.17) is 16.7 Å². The van der Waals surface area contributed by atoms with Gasteiger partial charge in [0.1, 0.15) is 0 Å². The van der Waals surface area contributed by atoms with E-state index in [1.165, 1.54) is 17.0 Å². The highest BCUT2D eigenvalue weighted by Gasteiger charge is 2.28. The molecular weight excluding hydrogens is 282 g/mol. The predicted octanol–water partition coefficient (Wildman–Crippen LogP) is 3.78. The van der Waals surface area contributed by atoms with E-state index in [0.29, 0.717) is 0 Å². The summed E-state index contributed by atoms with van der Waals surface area (Å²) < 4.78 is 2.11. The van der Waals surface area contributed by atoms with Gasteiger partial charge in [-0.1, -0.05) is 38.4 Å². The highest BCUT2D eigenvalue weighted by Crippen LogP contribution is 2.32. The van der Waals surface area contributed by atoms with Gasteiger partial charge in [0.2, 0.25) is 0 Å². The highest BCUT2D eigenvalue weighted by atomic mass is 35.5.